The predicted octanol–water partition coefficient (Wildman–Crippen LogP) is 1.50. The molecule has 6 heteroatoms. The molecule has 3 aliphatic rings. The highest BCUT2D eigenvalue weighted by atomic mass is 16.7. The number of benzene rings is 1. The summed E-state index contributed by atoms with van der Waals surface area (Å²) in [6, 6.07) is 6.81. The van der Waals surface area contributed by atoms with E-state index >= 15 is 0 Å². The fourth-order valence-electron chi connectivity index (χ4n) is 3.67. The molecule has 5 nitrogen and oxygen atoms in total. The lowest BCUT2D eigenvalue weighted by molar-refractivity contribution is 0.00578. The van der Waals surface area contributed by atoms with Crippen molar-refractivity contribution in [2.75, 3.05) is 38.2 Å². The maximum Gasteiger partial charge on any atom is 0.494 e. The molecule has 24 heavy (non-hydrogen) atoms. The first-order chi connectivity index (χ1) is 11.3. The molecule has 4 rings (SSSR count). The van der Waals surface area contributed by atoms with Gasteiger partial charge in [0.1, 0.15) is 12.4 Å². The van der Waals surface area contributed by atoms with Crippen LogP contribution in [0, 0.1) is 0 Å². The largest absolute Gasteiger partial charge is 0.494 e. The molecule has 0 bridgehead atoms. The Morgan fingerprint density at radius 3 is 2.50 bits per heavy atom. The summed E-state index contributed by atoms with van der Waals surface area (Å²) in [6.45, 7) is 12.3. The summed E-state index contributed by atoms with van der Waals surface area (Å²) in [7, 11) is 1.84. The van der Waals surface area contributed by atoms with Gasteiger partial charge in [0.25, 0.3) is 0 Å². The van der Waals surface area contributed by atoms with Crippen LogP contribution in [-0.2, 0) is 9.31 Å². The van der Waals surface area contributed by atoms with Crippen LogP contribution >= 0.6 is 0 Å². The fourth-order valence-corrected chi connectivity index (χ4v) is 3.67. The highest BCUT2D eigenvalue weighted by molar-refractivity contribution is 6.62. The second-order valence-electron chi connectivity index (χ2n) is 8.24. The average Bonchev–Trinajstić information content (AvgIpc) is 2.74. The van der Waals surface area contributed by atoms with Gasteiger partial charge in [-0.3, -0.25) is 0 Å². The van der Waals surface area contributed by atoms with Gasteiger partial charge in [0.2, 0.25) is 0 Å². The van der Waals surface area contributed by atoms with Crippen LogP contribution in [0.1, 0.15) is 27.7 Å². The van der Waals surface area contributed by atoms with Crippen molar-refractivity contribution in [2.24, 2.45) is 0 Å². The van der Waals surface area contributed by atoms with E-state index in [-0.39, 0.29) is 18.3 Å². The van der Waals surface area contributed by atoms with Crippen molar-refractivity contribution in [2.45, 2.75) is 44.9 Å². The van der Waals surface area contributed by atoms with E-state index in [2.05, 4.69) is 62.7 Å². The third-order valence-electron chi connectivity index (χ3n) is 5.94. The van der Waals surface area contributed by atoms with Gasteiger partial charge in [-0.05, 0) is 52.3 Å². The fraction of sp³-hybridized carbons (Fsp3) is 0.667. The summed E-state index contributed by atoms with van der Waals surface area (Å²) in [5.74, 6) is 0.947. The number of nitrogens with zero attached hydrogens (tertiary/aromatic N) is 2. The summed E-state index contributed by atoms with van der Waals surface area (Å²) in [5, 5.41) is 0. The molecule has 0 N–H and O–H groups in total. The topological polar surface area (TPSA) is 34.2 Å². The minimum atomic E-state index is -0.339. The summed E-state index contributed by atoms with van der Waals surface area (Å²) in [4.78, 5) is 4.85. The zero-order chi connectivity index (χ0) is 17.1. The SMILES string of the molecule is CN1CCN2c3ccc(B4OC(C)(C)C(C)(C)O4)cc3OC[C@H]2C1. The van der Waals surface area contributed by atoms with Gasteiger partial charge in [-0.2, -0.15) is 0 Å². The summed E-state index contributed by atoms with van der Waals surface area (Å²) in [6.07, 6.45) is 0. The Balaban J connectivity index is 1.59. The lowest BCUT2D eigenvalue weighted by Crippen LogP contribution is -2.56. The minimum absolute atomic E-state index is 0.322. The monoisotopic (exact) mass is 330 g/mol. The standard InChI is InChI=1S/C18H27BN2O3/c1-17(2)18(3,4)24-19(23-17)13-6-7-15-16(10-13)22-12-14-11-20(5)8-9-21(14)15/h6-7,10,14H,8-9,11-12H2,1-5H3/t14-/m1/s1. The first-order valence-corrected chi connectivity index (χ1v) is 8.84. The van der Waals surface area contributed by atoms with Crippen LogP contribution in [-0.4, -0.2) is 62.6 Å². The Kier molecular flexibility index (Phi) is 3.64. The van der Waals surface area contributed by atoms with Crippen molar-refractivity contribution in [3.05, 3.63) is 18.2 Å². The van der Waals surface area contributed by atoms with Crippen molar-refractivity contribution in [3.63, 3.8) is 0 Å². The molecule has 3 aliphatic heterocycles. The van der Waals surface area contributed by atoms with Gasteiger partial charge in [-0.1, -0.05) is 6.07 Å². The average molecular weight is 330 g/mol. The Labute approximate surface area is 145 Å². The van der Waals surface area contributed by atoms with Crippen LogP contribution in [0.3, 0.4) is 0 Å². The van der Waals surface area contributed by atoms with E-state index in [1.165, 1.54) is 5.69 Å². The number of piperazine rings is 1. The maximum atomic E-state index is 6.16. The Bertz CT molecular complexity index is 633. The number of anilines is 1. The predicted molar refractivity (Wildman–Crippen MR) is 96.3 cm³/mol. The molecule has 1 atom stereocenters. The lowest BCUT2D eigenvalue weighted by atomic mass is 9.78. The number of likely N-dealkylation sites (N-methyl/N-ethyl adjacent to an activating group) is 1. The highest BCUT2D eigenvalue weighted by Gasteiger charge is 2.52. The first kappa shape index (κ1) is 16.2. The molecule has 0 saturated carbocycles. The van der Waals surface area contributed by atoms with Crippen LogP contribution in [0.15, 0.2) is 18.2 Å². The van der Waals surface area contributed by atoms with E-state index in [1.807, 2.05) is 0 Å². The van der Waals surface area contributed by atoms with E-state index in [0.29, 0.717) is 6.04 Å². The Hall–Kier alpha value is -1.24. The smallest absolute Gasteiger partial charge is 0.489 e. The van der Waals surface area contributed by atoms with Crippen LogP contribution in [0.4, 0.5) is 5.69 Å². The molecule has 0 aromatic heterocycles. The molecule has 130 valence electrons. The van der Waals surface area contributed by atoms with Crippen molar-refractivity contribution < 1.29 is 14.0 Å². The number of hydrogen-bond acceptors (Lipinski definition) is 5. The van der Waals surface area contributed by atoms with Crippen molar-refractivity contribution in [3.8, 4) is 5.75 Å². The lowest BCUT2D eigenvalue weighted by Gasteiger charge is -2.44. The van der Waals surface area contributed by atoms with Crippen molar-refractivity contribution in [1.29, 1.82) is 0 Å². The van der Waals surface area contributed by atoms with Crippen LogP contribution in [0.5, 0.6) is 5.75 Å². The zero-order valence-electron chi connectivity index (χ0n) is 15.3. The van der Waals surface area contributed by atoms with Gasteiger partial charge in [0, 0.05) is 19.6 Å². The molecule has 0 spiro atoms. The van der Waals surface area contributed by atoms with Crippen molar-refractivity contribution >= 4 is 18.3 Å². The molecule has 2 saturated heterocycles. The third kappa shape index (κ3) is 2.52. The number of fused-ring (bicyclic) bond motifs is 3. The van der Waals surface area contributed by atoms with Gasteiger partial charge in [-0.25, -0.2) is 0 Å². The van der Waals surface area contributed by atoms with Gasteiger partial charge < -0.3 is 23.8 Å². The third-order valence-corrected chi connectivity index (χ3v) is 5.94. The zero-order valence-corrected chi connectivity index (χ0v) is 15.3. The van der Waals surface area contributed by atoms with E-state index in [4.69, 9.17) is 14.0 Å². The summed E-state index contributed by atoms with van der Waals surface area (Å²) < 4.78 is 18.4. The van der Waals surface area contributed by atoms with Crippen LogP contribution in [0.2, 0.25) is 0 Å². The summed E-state index contributed by atoms with van der Waals surface area (Å²) in [5.41, 5.74) is 1.58. The summed E-state index contributed by atoms with van der Waals surface area (Å²) >= 11 is 0. The van der Waals surface area contributed by atoms with E-state index in [1.54, 1.807) is 0 Å². The van der Waals surface area contributed by atoms with Crippen LogP contribution < -0.4 is 15.1 Å². The molecule has 0 amide bonds. The Morgan fingerprint density at radius 2 is 1.79 bits per heavy atom. The first-order valence-electron chi connectivity index (χ1n) is 8.84. The molecule has 1 aromatic carbocycles. The Morgan fingerprint density at radius 1 is 1.08 bits per heavy atom. The molecule has 0 radical (unpaired) electrons. The minimum Gasteiger partial charge on any atom is -0.489 e. The number of ether oxygens (including phenoxy) is 1. The van der Waals surface area contributed by atoms with E-state index in [9.17, 15) is 0 Å². The van der Waals surface area contributed by atoms with Gasteiger partial charge in [-0.15, -0.1) is 0 Å². The molecule has 0 aliphatic carbocycles. The molecule has 3 heterocycles. The molecule has 1 aromatic rings. The second kappa shape index (κ2) is 5.38. The van der Waals surface area contributed by atoms with E-state index < -0.39 is 0 Å². The molecular formula is C18H27BN2O3. The van der Waals surface area contributed by atoms with Crippen LogP contribution in [0.25, 0.3) is 0 Å². The second-order valence-corrected chi connectivity index (χ2v) is 8.24. The quantitative estimate of drug-likeness (QED) is 0.729. The van der Waals surface area contributed by atoms with Crippen molar-refractivity contribution in [1.82, 2.24) is 4.90 Å². The van der Waals surface area contributed by atoms with Gasteiger partial charge in [0.15, 0.2) is 0 Å². The normalized spacial score (nSPS) is 28.3. The van der Waals surface area contributed by atoms with E-state index in [0.717, 1.165) is 37.5 Å². The number of rotatable bonds is 1. The van der Waals surface area contributed by atoms with Gasteiger partial charge in [0.05, 0.1) is 22.9 Å². The molecular weight excluding hydrogens is 303 g/mol. The highest BCUT2D eigenvalue weighted by Crippen LogP contribution is 2.38. The maximum absolute atomic E-state index is 6.16. The molecule has 2 fully saturated rings. The molecule has 0 unspecified atom stereocenters. The number of hydrogen-bond donors (Lipinski definition) is 0. The van der Waals surface area contributed by atoms with Gasteiger partial charge >= 0.3 is 7.12 Å².